The van der Waals surface area contributed by atoms with Crippen LogP contribution in [0.15, 0.2) is 232 Å². The van der Waals surface area contributed by atoms with Gasteiger partial charge in [-0.15, -0.1) is 0 Å². The monoisotopic (exact) mass is 2020 g/mol. The minimum Gasteiger partial charge on any atom is -0.481 e. The van der Waals surface area contributed by atoms with Crippen LogP contribution in [0.4, 0.5) is 43.0 Å². The molecule has 0 aliphatic carbocycles. The molecule has 0 radical (unpaired) electrons. The zero-order valence-corrected chi connectivity index (χ0v) is 84.4. The lowest BCUT2D eigenvalue weighted by molar-refractivity contribution is -0.144. The Morgan fingerprint density at radius 3 is 1.24 bits per heavy atom. The molecular formula is C110H116N26O14. The Labute approximate surface area is 863 Å². The van der Waals surface area contributed by atoms with Gasteiger partial charge in [-0.25, -0.2) is 39.1 Å². The van der Waals surface area contributed by atoms with Crippen molar-refractivity contribution in [3.8, 4) is 89.5 Å². The Balaban J connectivity index is 0.000000143. The van der Waals surface area contributed by atoms with E-state index in [-0.39, 0.29) is 56.6 Å². The van der Waals surface area contributed by atoms with Crippen LogP contribution in [-0.4, -0.2) is 259 Å². The lowest BCUT2D eigenvalue weighted by Gasteiger charge is -2.26. The molecule has 1 atom stereocenters. The number of fused-ring (bicyclic) bond motifs is 4. The van der Waals surface area contributed by atoms with E-state index in [4.69, 9.17) is 28.7 Å². The number of carbonyl (C=O) groups is 7. The number of urea groups is 2. The van der Waals surface area contributed by atoms with Crippen molar-refractivity contribution in [3.63, 3.8) is 0 Å². The normalized spacial score (nSPS) is 12.7. The van der Waals surface area contributed by atoms with Crippen molar-refractivity contribution in [2.24, 2.45) is 0 Å². The van der Waals surface area contributed by atoms with Gasteiger partial charge in [0.25, 0.3) is 0 Å². The van der Waals surface area contributed by atoms with E-state index < -0.39 is 30.0 Å². The van der Waals surface area contributed by atoms with Crippen LogP contribution in [0.3, 0.4) is 0 Å². The van der Waals surface area contributed by atoms with Crippen LogP contribution in [0.1, 0.15) is 85.2 Å². The van der Waals surface area contributed by atoms with Crippen molar-refractivity contribution in [2.45, 2.75) is 86.2 Å². The molecule has 2 aliphatic rings. The molecule has 14 heterocycles. The summed E-state index contributed by atoms with van der Waals surface area (Å²) in [6.45, 7) is 20.2. The van der Waals surface area contributed by atoms with E-state index in [9.17, 15) is 43.8 Å². The van der Waals surface area contributed by atoms with Crippen LogP contribution in [0, 0.1) is 0 Å². The number of ether oxygens (including phenoxy) is 5. The number of pyridine rings is 8. The number of aromatic nitrogens is 16. The predicted octanol–water partition coefficient (Wildman–Crippen LogP) is 17.1. The third kappa shape index (κ3) is 28.4. The number of carboxylic acids is 2. The summed E-state index contributed by atoms with van der Waals surface area (Å²) in [5.74, 6) is -1.68. The third-order valence-electron chi connectivity index (χ3n) is 24.1. The van der Waals surface area contributed by atoms with Crippen molar-refractivity contribution in [2.75, 3.05) is 128 Å². The van der Waals surface area contributed by atoms with E-state index in [1.54, 1.807) is 82.5 Å². The maximum atomic E-state index is 12.6. The van der Waals surface area contributed by atoms with Gasteiger partial charge in [0.15, 0.2) is 0 Å². The molecule has 40 nitrogen and oxygen atoms in total. The van der Waals surface area contributed by atoms with Gasteiger partial charge in [-0.3, -0.25) is 85.3 Å². The summed E-state index contributed by atoms with van der Waals surface area (Å²) in [5.41, 5.74) is 25.8. The van der Waals surface area contributed by atoms with Crippen LogP contribution in [-0.2, 0) is 83.7 Å². The molecule has 5 aromatic carbocycles. The maximum Gasteiger partial charge on any atom is 0.413 e. The lowest BCUT2D eigenvalue weighted by Crippen LogP contribution is -2.35. The zero-order valence-electron chi connectivity index (χ0n) is 84.4. The predicted molar refractivity (Wildman–Crippen MR) is 571 cm³/mol. The second-order valence-corrected chi connectivity index (χ2v) is 36.0. The molecule has 150 heavy (non-hydrogen) atoms. The summed E-state index contributed by atoms with van der Waals surface area (Å²) in [6, 6.07) is 52.0. The Bertz CT molecular complexity index is 7620. The largest absolute Gasteiger partial charge is 0.481 e. The van der Waals surface area contributed by atoms with Gasteiger partial charge >= 0.3 is 42.2 Å². The first-order valence-electron chi connectivity index (χ1n) is 49.0. The molecule has 17 aromatic rings. The molecule has 6 amide bonds. The second-order valence-electron chi connectivity index (χ2n) is 36.0. The van der Waals surface area contributed by atoms with Gasteiger partial charge in [0.2, 0.25) is 23.8 Å². The molecule has 40 heteroatoms. The van der Waals surface area contributed by atoms with Crippen molar-refractivity contribution in [1.82, 2.24) is 110 Å². The Morgan fingerprint density at radius 2 is 0.813 bits per heavy atom. The summed E-state index contributed by atoms with van der Waals surface area (Å²) in [6.07, 6.45) is 17.9. The fourth-order valence-electron chi connectivity index (χ4n) is 17.0. The number of imidazole rings is 4. The highest BCUT2D eigenvalue weighted by atomic mass is 16.6. The van der Waals surface area contributed by atoms with E-state index >= 15 is 0 Å². The SMILES string of the molecule is CCNC(=O)Nc1nc2c(-c3cc(CN(C)C)ccn3)cc(-c3cncc(CC(=O)O)c3)cc2[nH]1.CCNC(=O)Nc1nc2c(-c3cc(CN(C)C)ccn3)cc(-c3cncc(CC(=O)OCc4ccccc4)c3)cc2[nH]1.CCOC(=O)Nc1nc2c(-c3cc(C(C)C(=O)O)ccn3)cc(-c3ccc(CN4CCOCC4)nc3)cc2[nH]1.CCOC(=O)Nc1nc2c(-c3cc(CN4CCOCC4)ccn3)cc(-c3cccnc3)cc2[nH]1. The van der Waals surface area contributed by atoms with E-state index in [1.807, 2.05) is 200 Å². The van der Waals surface area contributed by atoms with Crippen LogP contribution < -0.4 is 31.9 Å². The highest BCUT2D eigenvalue weighted by Crippen LogP contribution is 2.40. The number of aromatic amines is 4. The molecular weight excluding hydrogens is 1910 g/mol. The summed E-state index contributed by atoms with van der Waals surface area (Å²) in [4.78, 5) is 160. The first-order valence-corrected chi connectivity index (χ1v) is 49.0. The summed E-state index contributed by atoms with van der Waals surface area (Å²) >= 11 is 0. The first kappa shape index (κ1) is 105. The number of benzene rings is 5. The number of nitrogens with zero attached hydrogens (tertiary/aromatic N) is 16. The van der Waals surface area contributed by atoms with Gasteiger partial charge < -0.3 is 74.3 Å². The fourth-order valence-corrected chi connectivity index (χ4v) is 17.0. The fraction of sp³-hybridized carbons (Fsp3) is 0.264. The molecule has 12 N–H and O–H groups in total. The number of carbonyl (C=O) groups excluding carboxylic acids is 5. The Kier molecular flexibility index (Phi) is 35.4. The van der Waals surface area contributed by atoms with Crippen LogP contribution in [0.5, 0.6) is 0 Å². The average Bonchev–Trinajstić information content (AvgIpc) is 1.68. The molecule has 2 saturated heterocycles. The standard InChI is InChI=1S/C32H33N7O3.C28H30N6O5.C25H27N7O3.C25H26N6O3/c1-4-34-32(41)38-31-36-28-16-24(15-26(30(28)37-31)27-13-22(10-11-35-27)19-39(2)3)25-12-23(17-33-18-25)14-29(40)42-20-21-8-6-5-7-9-21;1-3-39-28(37)33-27-31-24-14-20(19-4-5-21(30-15-19)16-34-8-10-38-11-9-34)12-22(25(24)32-27)23-13-18(6-7-29-23)17(2)26(35)36;1-4-27-25(35)31-24-29-21-11-17(18-7-16(9-22(33)34)12-26-13-18)10-19(23(21)30-24)20-8-15(5-6-28-20)14-32(2)3;1-2-34-25(32)30-24-28-22-14-19(18-4-3-6-26-15-18)13-20(23(22)29-24)21-12-17(5-7-27-21)16-31-8-10-33-11-9-31/h5-13,15-18H,4,14,19-20H2,1-3H3,(H3,34,36,37,38,41);4-7,12-15,17H,3,8-11,16H2,1-2H3,(H,35,36)(H2,31,32,33,37);5-8,10-13H,4,9,14H2,1-3H3,(H,33,34)(H3,27,29,30,31,35);3-7,12-15H,2,8-11,16H2,1H3,(H2,28,29,30,32). The Morgan fingerprint density at radius 1 is 0.393 bits per heavy atom. The third-order valence-corrected chi connectivity index (χ3v) is 24.1. The highest BCUT2D eigenvalue weighted by Gasteiger charge is 2.26. The van der Waals surface area contributed by atoms with Gasteiger partial charge in [0.05, 0.1) is 131 Å². The molecule has 2 fully saturated rings. The van der Waals surface area contributed by atoms with Crippen molar-refractivity contribution < 1.29 is 67.5 Å². The average molecular weight is 2030 g/mol. The molecule has 0 saturated carbocycles. The van der Waals surface area contributed by atoms with Crippen molar-refractivity contribution >= 4 is 110 Å². The number of esters is 1. The minimum absolute atomic E-state index is 0.0988. The number of morpholine rings is 2. The first-order chi connectivity index (χ1) is 72.8. The number of aliphatic carboxylic acids is 2. The van der Waals surface area contributed by atoms with Crippen LogP contribution >= 0.6 is 0 Å². The molecule has 19 rings (SSSR count). The number of carboxylic acid groups (broad SMARTS) is 2. The zero-order chi connectivity index (χ0) is 105. The lowest BCUT2D eigenvalue weighted by atomic mass is 9.97. The van der Waals surface area contributed by atoms with E-state index in [0.29, 0.717) is 80.9 Å². The Hall–Kier alpha value is -17.6. The number of anilines is 4. The smallest absolute Gasteiger partial charge is 0.413 e. The summed E-state index contributed by atoms with van der Waals surface area (Å²) in [5, 5.41) is 34.8. The van der Waals surface area contributed by atoms with Crippen molar-refractivity contribution in [1.29, 1.82) is 0 Å². The van der Waals surface area contributed by atoms with Crippen molar-refractivity contribution in [3.05, 3.63) is 277 Å². The molecule has 12 aromatic heterocycles. The van der Waals surface area contributed by atoms with Gasteiger partial charge in [-0.1, -0.05) is 42.5 Å². The molecule has 0 spiro atoms. The van der Waals surface area contributed by atoms with Crippen LogP contribution in [0.2, 0.25) is 0 Å². The maximum absolute atomic E-state index is 12.6. The van der Waals surface area contributed by atoms with Gasteiger partial charge in [-0.05, 0) is 245 Å². The highest BCUT2D eigenvalue weighted by molar-refractivity contribution is 6.03. The number of nitrogens with one attached hydrogen (secondary N) is 10. The number of hydrogen-bond donors (Lipinski definition) is 12. The van der Waals surface area contributed by atoms with Gasteiger partial charge in [-0.2, -0.15) is 0 Å². The second kappa shape index (κ2) is 50.5. The van der Waals surface area contributed by atoms with E-state index in [1.165, 1.54) is 5.56 Å². The molecule has 770 valence electrons. The number of rotatable bonds is 32. The minimum atomic E-state index is -0.921. The topological polar surface area (TPSA) is 509 Å². The quantitative estimate of drug-likeness (QED) is 0.0138. The molecule has 0 bridgehead atoms. The van der Waals surface area contributed by atoms with E-state index in [2.05, 4.69) is 138 Å². The van der Waals surface area contributed by atoms with Gasteiger partial charge in [0.1, 0.15) is 6.61 Å². The summed E-state index contributed by atoms with van der Waals surface area (Å²) < 4.78 is 26.3. The molecule has 2 aliphatic heterocycles. The number of hydrogen-bond acceptors (Lipinski definition) is 28. The number of H-pyrrole nitrogens is 4. The van der Waals surface area contributed by atoms with Crippen LogP contribution in [0.25, 0.3) is 134 Å². The summed E-state index contributed by atoms with van der Waals surface area (Å²) in [7, 11) is 8.04. The number of amides is 6. The molecule has 1 unspecified atom stereocenters. The van der Waals surface area contributed by atoms with E-state index in [0.717, 1.165) is 202 Å². The van der Waals surface area contributed by atoms with Gasteiger partial charge in [0, 0.05) is 178 Å².